The Balaban J connectivity index is 2.07. The van der Waals surface area contributed by atoms with Gasteiger partial charge in [-0.3, -0.25) is 0 Å². The number of rotatable bonds is 5. The van der Waals surface area contributed by atoms with Crippen LogP contribution < -0.4 is 9.47 Å². The fraction of sp³-hybridized carbons (Fsp3) is 0.435. The third kappa shape index (κ3) is 3.48. The molecule has 0 amide bonds. The van der Waals surface area contributed by atoms with Crippen molar-refractivity contribution in [2.45, 2.75) is 54.4 Å². The summed E-state index contributed by atoms with van der Waals surface area (Å²) in [5, 5.41) is 0. The minimum Gasteiger partial charge on any atom is -0.483 e. The van der Waals surface area contributed by atoms with Crippen molar-refractivity contribution in [2.24, 2.45) is 5.92 Å². The number of aromatic nitrogens is 1. The van der Waals surface area contributed by atoms with Gasteiger partial charge in [-0.25, -0.2) is 4.98 Å². The van der Waals surface area contributed by atoms with Crippen LogP contribution in [0.1, 0.15) is 54.6 Å². The van der Waals surface area contributed by atoms with E-state index in [4.69, 9.17) is 9.47 Å². The molecular weight excluding hydrogens is 322 g/mol. The predicted molar refractivity (Wildman–Crippen MR) is 107 cm³/mol. The largest absolute Gasteiger partial charge is 0.483 e. The second-order valence-corrected chi connectivity index (χ2v) is 7.26. The molecule has 0 radical (unpaired) electrons. The molecule has 0 saturated heterocycles. The van der Waals surface area contributed by atoms with E-state index in [0.29, 0.717) is 18.4 Å². The standard InChI is InChI=1S/C23H29NO2/c1-7-18(8-2)19-9-10-25-22-20(19)13-17(6)24-23(22)26-21-15(4)11-14(3)12-16(21)5/h9,11-13,18H,7-8,10H2,1-6H3. The van der Waals surface area contributed by atoms with Gasteiger partial charge in [0.1, 0.15) is 12.4 Å². The lowest BCUT2D eigenvalue weighted by molar-refractivity contribution is 0.325. The predicted octanol–water partition coefficient (Wildman–Crippen LogP) is 6.32. The van der Waals surface area contributed by atoms with Gasteiger partial charge >= 0.3 is 0 Å². The lowest BCUT2D eigenvalue weighted by atomic mass is 9.87. The van der Waals surface area contributed by atoms with Crippen molar-refractivity contribution in [3.8, 4) is 17.4 Å². The minimum atomic E-state index is 0.537. The summed E-state index contributed by atoms with van der Waals surface area (Å²) in [4.78, 5) is 4.66. The van der Waals surface area contributed by atoms with E-state index in [2.05, 4.69) is 63.9 Å². The van der Waals surface area contributed by atoms with Crippen LogP contribution in [-0.2, 0) is 0 Å². The Morgan fingerprint density at radius 1 is 1.04 bits per heavy atom. The molecule has 0 N–H and O–H groups in total. The van der Waals surface area contributed by atoms with E-state index in [1.165, 1.54) is 11.1 Å². The first kappa shape index (κ1) is 18.5. The van der Waals surface area contributed by atoms with E-state index in [1.54, 1.807) is 0 Å². The van der Waals surface area contributed by atoms with Crippen LogP contribution in [0.3, 0.4) is 0 Å². The Bertz CT molecular complexity index is 825. The number of ether oxygens (including phenoxy) is 2. The van der Waals surface area contributed by atoms with Crippen LogP contribution in [0.15, 0.2) is 24.3 Å². The first-order valence-corrected chi connectivity index (χ1v) is 9.55. The first-order valence-electron chi connectivity index (χ1n) is 9.55. The van der Waals surface area contributed by atoms with E-state index >= 15 is 0 Å². The second kappa shape index (κ2) is 7.53. The van der Waals surface area contributed by atoms with Crippen molar-refractivity contribution in [3.05, 3.63) is 52.2 Å². The maximum atomic E-state index is 6.31. The molecule has 1 aromatic carbocycles. The molecule has 0 fully saturated rings. The average Bonchev–Trinajstić information content (AvgIpc) is 2.59. The quantitative estimate of drug-likeness (QED) is 0.631. The minimum absolute atomic E-state index is 0.537. The molecule has 2 aromatic rings. The van der Waals surface area contributed by atoms with Crippen LogP contribution in [0.5, 0.6) is 17.4 Å². The van der Waals surface area contributed by atoms with Gasteiger partial charge in [0.05, 0.1) is 0 Å². The zero-order valence-electron chi connectivity index (χ0n) is 16.8. The van der Waals surface area contributed by atoms with Crippen molar-refractivity contribution in [1.29, 1.82) is 0 Å². The van der Waals surface area contributed by atoms with Gasteiger partial charge in [0.15, 0.2) is 5.75 Å². The zero-order valence-corrected chi connectivity index (χ0v) is 16.8. The van der Waals surface area contributed by atoms with Crippen molar-refractivity contribution < 1.29 is 9.47 Å². The number of hydrogen-bond donors (Lipinski definition) is 0. The molecule has 0 saturated carbocycles. The average molecular weight is 351 g/mol. The number of pyridine rings is 1. The fourth-order valence-electron chi connectivity index (χ4n) is 3.92. The van der Waals surface area contributed by atoms with Gasteiger partial charge in [0.25, 0.3) is 5.88 Å². The van der Waals surface area contributed by atoms with Crippen LogP contribution in [0.4, 0.5) is 0 Å². The van der Waals surface area contributed by atoms with Crippen molar-refractivity contribution >= 4 is 5.57 Å². The molecular formula is C23H29NO2. The van der Waals surface area contributed by atoms with Crippen LogP contribution in [0.2, 0.25) is 0 Å². The summed E-state index contributed by atoms with van der Waals surface area (Å²) < 4.78 is 12.3. The lowest BCUT2D eigenvalue weighted by Gasteiger charge is -2.26. The second-order valence-electron chi connectivity index (χ2n) is 7.26. The topological polar surface area (TPSA) is 31.4 Å². The van der Waals surface area contributed by atoms with E-state index in [9.17, 15) is 0 Å². The summed E-state index contributed by atoms with van der Waals surface area (Å²) in [6, 6.07) is 6.41. The van der Waals surface area contributed by atoms with Crippen molar-refractivity contribution in [1.82, 2.24) is 4.98 Å². The van der Waals surface area contributed by atoms with E-state index in [-0.39, 0.29) is 0 Å². The Labute approximate surface area is 157 Å². The molecule has 0 unspecified atom stereocenters. The molecule has 138 valence electrons. The van der Waals surface area contributed by atoms with Crippen LogP contribution in [0.25, 0.3) is 5.57 Å². The monoisotopic (exact) mass is 351 g/mol. The van der Waals surface area contributed by atoms with Gasteiger partial charge in [0, 0.05) is 11.3 Å². The first-order chi connectivity index (χ1) is 12.4. The highest BCUT2D eigenvalue weighted by atomic mass is 16.5. The maximum Gasteiger partial charge on any atom is 0.263 e. The number of benzene rings is 1. The molecule has 3 heteroatoms. The molecule has 26 heavy (non-hydrogen) atoms. The molecule has 0 aliphatic carbocycles. The van der Waals surface area contributed by atoms with E-state index < -0.39 is 0 Å². The summed E-state index contributed by atoms with van der Waals surface area (Å²) in [6.07, 6.45) is 4.45. The van der Waals surface area contributed by atoms with Crippen LogP contribution in [-0.4, -0.2) is 11.6 Å². The smallest absolute Gasteiger partial charge is 0.263 e. The molecule has 0 bridgehead atoms. The number of aryl methyl sites for hydroxylation is 4. The van der Waals surface area contributed by atoms with Gasteiger partial charge in [-0.15, -0.1) is 0 Å². The molecule has 1 aromatic heterocycles. The van der Waals surface area contributed by atoms with E-state index in [1.807, 2.05) is 6.92 Å². The summed E-state index contributed by atoms with van der Waals surface area (Å²) >= 11 is 0. The Morgan fingerprint density at radius 2 is 1.69 bits per heavy atom. The summed E-state index contributed by atoms with van der Waals surface area (Å²) in [5.41, 5.74) is 6.92. The number of allylic oxidation sites excluding steroid dienone is 1. The third-order valence-electron chi connectivity index (χ3n) is 5.14. The molecule has 2 heterocycles. The van der Waals surface area contributed by atoms with Gasteiger partial charge in [-0.05, 0) is 75.3 Å². The fourth-order valence-corrected chi connectivity index (χ4v) is 3.92. The molecule has 3 rings (SSSR count). The molecule has 1 aliphatic heterocycles. The summed E-state index contributed by atoms with van der Waals surface area (Å²) in [6.45, 7) is 13.3. The van der Waals surface area contributed by atoms with Crippen LogP contribution in [0, 0.1) is 33.6 Å². The highest BCUT2D eigenvalue weighted by Gasteiger charge is 2.25. The van der Waals surface area contributed by atoms with Gasteiger partial charge < -0.3 is 9.47 Å². The van der Waals surface area contributed by atoms with Crippen LogP contribution >= 0.6 is 0 Å². The molecule has 0 spiro atoms. The number of nitrogens with zero attached hydrogens (tertiary/aromatic N) is 1. The highest BCUT2D eigenvalue weighted by Crippen LogP contribution is 2.43. The zero-order chi connectivity index (χ0) is 18.8. The SMILES string of the molecule is CCC(CC)C1=CCOc2c1cc(C)nc2Oc1c(C)cc(C)cc1C. The molecule has 0 atom stereocenters. The van der Waals surface area contributed by atoms with Crippen molar-refractivity contribution in [2.75, 3.05) is 6.61 Å². The highest BCUT2D eigenvalue weighted by molar-refractivity contribution is 5.75. The number of fused-ring (bicyclic) bond motifs is 1. The van der Waals surface area contributed by atoms with Gasteiger partial charge in [-0.1, -0.05) is 31.5 Å². The summed E-state index contributed by atoms with van der Waals surface area (Å²) in [7, 11) is 0. The maximum absolute atomic E-state index is 6.31. The third-order valence-corrected chi connectivity index (χ3v) is 5.14. The normalized spacial score (nSPS) is 13.3. The van der Waals surface area contributed by atoms with Gasteiger partial charge in [0.2, 0.25) is 0 Å². The molecule has 1 aliphatic rings. The Kier molecular flexibility index (Phi) is 5.36. The summed E-state index contributed by atoms with van der Waals surface area (Å²) in [5.74, 6) is 2.76. The lowest BCUT2D eigenvalue weighted by Crippen LogP contribution is -2.13. The number of hydrogen-bond acceptors (Lipinski definition) is 3. The van der Waals surface area contributed by atoms with Crippen molar-refractivity contribution in [3.63, 3.8) is 0 Å². The Hall–Kier alpha value is -2.29. The molecule has 3 nitrogen and oxygen atoms in total. The van der Waals surface area contributed by atoms with Gasteiger partial charge in [-0.2, -0.15) is 0 Å². The van der Waals surface area contributed by atoms with E-state index in [0.717, 1.165) is 46.7 Å². The Morgan fingerprint density at radius 3 is 2.31 bits per heavy atom.